The van der Waals surface area contributed by atoms with Gasteiger partial charge in [0.2, 0.25) is 15.9 Å². The number of amides is 1. The van der Waals surface area contributed by atoms with Crippen LogP contribution in [0.2, 0.25) is 0 Å². The van der Waals surface area contributed by atoms with E-state index in [0.29, 0.717) is 31.8 Å². The maximum Gasteiger partial charge on any atom is 0.246 e. The van der Waals surface area contributed by atoms with Gasteiger partial charge >= 0.3 is 0 Å². The molecule has 0 saturated carbocycles. The molecule has 0 aliphatic carbocycles. The van der Waals surface area contributed by atoms with Gasteiger partial charge in [0.1, 0.15) is 10.6 Å². The molecule has 2 heterocycles. The molecule has 27 heavy (non-hydrogen) atoms. The lowest BCUT2D eigenvalue weighted by Gasteiger charge is -2.21. The van der Waals surface area contributed by atoms with Crippen LogP contribution in [0.15, 0.2) is 41.6 Å². The van der Waals surface area contributed by atoms with Gasteiger partial charge in [-0.1, -0.05) is 12.1 Å². The van der Waals surface area contributed by atoms with E-state index in [0.717, 1.165) is 5.56 Å². The summed E-state index contributed by atoms with van der Waals surface area (Å²) in [5.74, 6) is 0.703. The quantitative estimate of drug-likeness (QED) is 0.755. The number of sulfonamides is 1. The summed E-state index contributed by atoms with van der Waals surface area (Å²) in [7, 11) is -0.315. The SMILES string of the molecule is COc1cccc(CC(=O)N2CCCN(S(=O)(=O)c3cnn(C)c3)CC2)c1. The molecule has 8 nitrogen and oxygen atoms in total. The molecule has 0 N–H and O–H groups in total. The molecule has 1 aliphatic heterocycles. The Kier molecular flexibility index (Phi) is 5.81. The first-order valence-electron chi connectivity index (χ1n) is 8.79. The first kappa shape index (κ1) is 19.4. The zero-order valence-corrected chi connectivity index (χ0v) is 16.4. The van der Waals surface area contributed by atoms with Crippen LogP contribution in [0.4, 0.5) is 0 Å². The van der Waals surface area contributed by atoms with Crippen molar-refractivity contribution in [1.29, 1.82) is 0 Å². The summed E-state index contributed by atoms with van der Waals surface area (Å²) < 4.78 is 33.6. The minimum atomic E-state index is -3.59. The molecule has 0 radical (unpaired) electrons. The monoisotopic (exact) mass is 392 g/mol. The van der Waals surface area contributed by atoms with Crippen LogP contribution < -0.4 is 4.74 Å². The minimum Gasteiger partial charge on any atom is -0.497 e. The highest BCUT2D eigenvalue weighted by atomic mass is 32.2. The number of nitrogens with zero attached hydrogens (tertiary/aromatic N) is 4. The highest BCUT2D eigenvalue weighted by molar-refractivity contribution is 7.89. The third-order valence-electron chi connectivity index (χ3n) is 4.62. The zero-order valence-electron chi connectivity index (χ0n) is 15.5. The number of hydrogen-bond donors (Lipinski definition) is 0. The van der Waals surface area contributed by atoms with Crippen molar-refractivity contribution in [2.24, 2.45) is 7.05 Å². The van der Waals surface area contributed by atoms with Crippen molar-refractivity contribution in [1.82, 2.24) is 19.0 Å². The number of methoxy groups -OCH3 is 1. The van der Waals surface area contributed by atoms with Crippen LogP contribution >= 0.6 is 0 Å². The van der Waals surface area contributed by atoms with Crippen LogP contribution in [-0.4, -0.2) is 66.6 Å². The van der Waals surface area contributed by atoms with Gasteiger partial charge < -0.3 is 9.64 Å². The summed E-state index contributed by atoms with van der Waals surface area (Å²) in [6.07, 6.45) is 3.72. The first-order chi connectivity index (χ1) is 12.9. The molecule has 0 atom stereocenters. The number of benzene rings is 1. The van der Waals surface area contributed by atoms with Gasteiger partial charge in [-0.25, -0.2) is 8.42 Å². The number of carbonyl (C=O) groups excluding carboxylic acids is 1. The average Bonchev–Trinajstić information content (AvgIpc) is 2.94. The third-order valence-corrected chi connectivity index (χ3v) is 6.47. The molecule has 0 spiro atoms. The third kappa shape index (κ3) is 4.48. The molecule has 1 aliphatic rings. The van der Waals surface area contributed by atoms with E-state index in [9.17, 15) is 13.2 Å². The molecule has 1 fully saturated rings. The Morgan fingerprint density at radius 1 is 1.22 bits per heavy atom. The molecule has 1 aromatic heterocycles. The van der Waals surface area contributed by atoms with Crippen LogP contribution in [0.5, 0.6) is 5.75 Å². The fourth-order valence-electron chi connectivity index (χ4n) is 3.13. The number of rotatable bonds is 5. The molecule has 9 heteroatoms. The van der Waals surface area contributed by atoms with E-state index < -0.39 is 10.0 Å². The van der Waals surface area contributed by atoms with Crippen molar-refractivity contribution < 1.29 is 17.9 Å². The Morgan fingerprint density at radius 2 is 2.04 bits per heavy atom. The van der Waals surface area contributed by atoms with Gasteiger partial charge in [-0.3, -0.25) is 9.48 Å². The lowest BCUT2D eigenvalue weighted by Crippen LogP contribution is -2.37. The van der Waals surface area contributed by atoms with Crippen molar-refractivity contribution in [3.05, 3.63) is 42.2 Å². The molecule has 1 saturated heterocycles. The predicted molar refractivity (Wildman–Crippen MR) is 99.9 cm³/mol. The van der Waals surface area contributed by atoms with Crippen molar-refractivity contribution in [2.45, 2.75) is 17.7 Å². The zero-order chi connectivity index (χ0) is 19.4. The van der Waals surface area contributed by atoms with Gasteiger partial charge in [-0.2, -0.15) is 9.40 Å². The van der Waals surface area contributed by atoms with E-state index in [1.165, 1.54) is 21.4 Å². The summed E-state index contributed by atoms with van der Waals surface area (Å²) >= 11 is 0. The average molecular weight is 392 g/mol. The van der Waals surface area contributed by atoms with E-state index >= 15 is 0 Å². The van der Waals surface area contributed by atoms with Crippen LogP contribution in [0.3, 0.4) is 0 Å². The van der Waals surface area contributed by atoms with Crippen molar-refractivity contribution in [3.63, 3.8) is 0 Å². The van der Waals surface area contributed by atoms with Gasteiger partial charge in [0.05, 0.1) is 19.7 Å². The Labute approximate surface area is 159 Å². The van der Waals surface area contributed by atoms with Gasteiger partial charge in [0.25, 0.3) is 0 Å². The highest BCUT2D eigenvalue weighted by Crippen LogP contribution is 2.18. The Hall–Kier alpha value is -2.39. The molecule has 1 amide bonds. The van der Waals surface area contributed by atoms with Gasteiger partial charge in [-0.15, -0.1) is 0 Å². The predicted octanol–water partition coefficient (Wildman–Crippen LogP) is 0.894. The lowest BCUT2D eigenvalue weighted by atomic mass is 10.1. The number of ether oxygens (including phenoxy) is 1. The second-order valence-electron chi connectivity index (χ2n) is 6.52. The van der Waals surface area contributed by atoms with Crippen LogP contribution in [0, 0.1) is 0 Å². The molecule has 1 aromatic carbocycles. The minimum absolute atomic E-state index is 0.0103. The molecule has 146 valence electrons. The van der Waals surface area contributed by atoms with Crippen molar-refractivity contribution in [3.8, 4) is 5.75 Å². The number of aromatic nitrogens is 2. The Morgan fingerprint density at radius 3 is 2.74 bits per heavy atom. The maximum absolute atomic E-state index is 12.7. The molecule has 3 rings (SSSR count). The number of carbonyl (C=O) groups is 1. The fraction of sp³-hybridized carbons (Fsp3) is 0.444. The molecular formula is C18H24N4O4S. The van der Waals surface area contributed by atoms with E-state index in [2.05, 4.69) is 5.10 Å². The molecule has 0 unspecified atom stereocenters. The second-order valence-corrected chi connectivity index (χ2v) is 8.45. The van der Waals surface area contributed by atoms with Crippen molar-refractivity contribution >= 4 is 15.9 Å². The smallest absolute Gasteiger partial charge is 0.246 e. The van der Waals surface area contributed by atoms with E-state index in [-0.39, 0.29) is 23.8 Å². The fourth-order valence-corrected chi connectivity index (χ4v) is 4.59. The summed E-state index contributed by atoms with van der Waals surface area (Å²) in [6.45, 7) is 1.59. The highest BCUT2D eigenvalue weighted by Gasteiger charge is 2.29. The van der Waals surface area contributed by atoms with Crippen LogP contribution in [-0.2, 0) is 28.3 Å². The van der Waals surface area contributed by atoms with E-state index in [4.69, 9.17) is 4.74 Å². The lowest BCUT2D eigenvalue weighted by molar-refractivity contribution is -0.130. The molecular weight excluding hydrogens is 368 g/mol. The molecule has 0 bridgehead atoms. The van der Waals surface area contributed by atoms with Gasteiger partial charge in [-0.05, 0) is 24.1 Å². The van der Waals surface area contributed by atoms with Crippen molar-refractivity contribution in [2.75, 3.05) is 33.3 Å². The normalized spacial score (nSPS) is 16.1. The number of hydrogen-bond acceptors (Lipinski definition) is 5. The van der Waals surface area contributed by atoms with Crippen LogP contribution in [0.25, 0.3) is 0 Å². The topological polar surface area (TPSA) is 84.7 Å². The first-order valence-corrected chi connectivity index (χ1v) is 10.2. The summed E-state index contributed by atoms with van der Waals surface area (Å²) in [5, 5.41) is 3.94. The standard InChI is InChI=1S/C18H24N4O4S/c1-20-14-17(13-19-20)27(24,25)22-8-4-7-21(9-10-22)18(23)12-15-5-3-6-16(11-15)26-2/h3,5-6,11,13-14H,4,7-10,12H2,1-2H3. The van der Waals surface area contributed by atoms with E-state index in [1.54, 1.807) is 19.1 Å². The molecule has 2 aromatic rings. The second kappa shape index (κ2) is 8.10. The van der Waals surface area contributed by atoms with Gasteiger partial charge in [0, 0.05) is 39.4 Å². The summed E-state index contributed by atoms with van der Waals surface area (Å²) in [4.78, 5) is 14.6. The summed E-state index contributed by atoms with van der Waals surface area (Å²) in [5.41, 5.74) is 0.878. The maximum atomic E-state index is 12.7. The largest absolute Gasteiger partial charge is 0.497 e. The van der Waals surface area contributed by atoms with Gasteiger partial charge in [0.15, 0.2) is 0 Å². The van der Waals surface area contributed by atoms with Crippen LogP contribution in [0.1, 0.15) is 12.0 Å². The Bertz CT molecular complexity index is 910. The number of aryl methyl sites for hydroxylation is 1. The summed E-state index contributed by atoms with van der Waals surface area (Å²) in [6, 6.07) is 7.42. The Balaban J connectivity index is 1.64. The van der Waals surface area contributed by atoms with E-state index in [1.807, 2.05) is 24.3 Å².